The summed E-state index contributed by atoms with van der Waals surface area (Å²) in [6.45, 7) is 0.933. The maximum absolute atomic E-state index is 13.8. The summed E-state index contributed by atoms with van der Waals surface area (Å²) in [5.74, 6) is -2.32. The summed E-state index contributed by atoms with van der Waals surface area (Å²) in [6, 6.07) is 23.3. The molecule has 2 fully saturated rings. The minimum absolute atomic E-state index is 0.0814. The van der Waals surface area contributed by atoms with Crippen molar-refractivity contribution in [2.24, 2.45) is 0 Å². The largest absolute Gasteiger partial charge is 0.494 e. The first kappa shape index (κ1) is 52.8. The van der Waals surface area contributed by atoms with Crippen molar-refractivity contribution in [3.05, 3.63) is 143 Å². The van der Waals surface area contributed by atoms with E-state index in [4.69, 9.17) is 9.47 Å². The fourth-order valence-corrected chi connectivity index (χ4v) is 9.83. The van der Waals surface area contributed by atoms with Gasteiger partial charge in [-0.25, -0.2) is 29.3 Å². The van der Waals surface area contributed by atoms with Gasteiger partial charge in [-0.05, 0) is 48.0 Å². The van der Waals surface area contributed by atoms with E-state index in [0.29, 0.717) is 58.6 Å². The first-order valence-electron chi connectivity index (χ1n) is 25.4. The second-order valence-electron chi connectivity index (χ2n) is 18.6. The van der Waals surface area contributed by atoms with Gasteiger partial charge in [-0.2, -0.15) is 10.5 Å². The molecule has 4 amide bonds. The molecule has 6 aromatic heterocycles. The number of likely N-dealkylation sites (tertiary alicyclic amines) is 2. The number of ether oxygens (including phenoxy) is 2. The molecule has 0 unspecified atom stereocenters. The maximum atomic E-state index is 13.8. The number of carbonyl (C=O) groups is 6. The van der Waals surface area contributed by atoms with E-state index in [1.165, 1.54) is 70.8 Å². The lowest BCUT2D eigenvalue weighted by atomic mass is 9.93. The molecule has 24 heteroatoms. The molecule has 0 atom stereocenters. The van der Waals surface area contributed by atoms with E-state index >= 15 is 0 Å². The van der Waals surface area contributed by atoms with Crippen LogP contribution in [0.5, 0.6) is 11.5 Å². The lowest BCUT2D eigenvalue weighted by Crippen LogP contribution is -2.40. The highest BCUT2D eigenvalue weighted by Gasteiger charge is 2.33. The highest BCUT2D eigenvalue weighted by atomic mass is 16.5. The normalized spacial score (nSPS) is 13.3. The Morgan fingerprint density at radius 2 is 0.963 bits per heavy atom. The third kappa shape index (κ3) is 10.7. The molecule has 4 N–H and O–H groups in total. The number of amides is 4. The van der Waals surface area contributed by atoms with Crippen LogP contribution in [0.4, 0.5) is 0 Å². The number of H-pyrrole nitrogens is 2. The molecule has 8 heterocycles. The zero-order valence-corrected chi connectivity index (χ0v) is 43.4. The quantitative estimate of drug-likeness (QED) is 0.0535. The van der Waals surface area contributed by atoms with Crippen molar-refractivity contribution in [2.75, 3.05) is 40.4 Å². The molecule has 0 saturated carbocycles. The number of pyridine rings is 2. The number of hydrogen-bond donors (Lipinski definition) is 4. The Labute approximate surface area is 455 Å². The van der Waals surface area contributed by atoms with Gasteiger partial charge in [-0.1, -0.05) is 60.7 Å². The number of nitriles is 2. The molecule has 402 valence electrons. The third-order valence-corrected chi connectivity index (χ3v) is 14.0. The smallest absolute Gasteiger partial charge is 0.295 e. The number of benzene rings is 2. The topological polar surface area (TPSA) is 318 Å². The van der Waals surface area contributed by atoms with Crippen LogP contribution in [-0.2, 0) is 32.3 Å². The minimum Gasteiger partial charge on any atom is -0.494 e. The van der Waals surface area contributed by atoms with Crippen LogP contribution in [0.15, 0.2) is 109 Å². The van der Waals surface area contributed by atoms with Crippen LogP contribution in [0.25, 0.3) is 44.6 Å². The molecular weight excluding hydrogens is 1020 g/mol. The summed E-state index contributed by atoms with van der Waals surface area (Å²) in [5.41, 5.74) is 5.52. The maximum Gasteiger partial charge on any atom is 0.295 e. The number of Topliss-reactive ketones (excluding diaryl/α,β-unsaturated/α-hetero) is 2. The van der Waals surface area contributed by atoms with Crippen LogP contribution in [0.2, 0.25) is 0 Å². The van der Waals surface area contributed by atoms with Crippen molar-refractivity contribution in [3.63, 3.8) is 0 Å². The van der Waals surface area contributed by atoms with Gasteiger partial charge >= 0.3 is 0 Å². The molecule has 0 radical (unpaired) electrons. The van der Waals surface area contributed by atoms with Crippen LogP contribution in [-0.4, -0.2) is 135 Å². The molecule has 2 aliphatic heterocycles. The van der Waals surface area contributed by atoms with Gasteiger partial charge in [0.05, 0.1) is 95.9 Å². The number of nitrogens with zero attached hydrogens (tertiary/aromatic N) is 12. The van der Waals surface area contributed by atoms with Crippen LogP contribution >= 0.6 is 0 Å². The molecule has 2 saturated heterocycles. The van der Waals surface area contributed by atoms with Crippen LogP contribution < -0.4 is 20.1 Å². The number of ketones is 2. The molecule has 2 aliphatic rings. The number of hydrogen-bond acceptors (Lipinski definition) is 16. The van der Waals surface area contributed by atoms with Crippen molar-refractivity contribution in [3.8, 4) is 35.3 Å². The van der Waals surface area contributed by atoms with Gasteiger partial charge in [-0.3, -0.25) is 28.8 Å². The SMILES string of the molecule is COc1cnc(-n2cnc(CNC(=O)CCC(=O)NCc3ncn(-c4ncc(OC)c5c(C(=O)C(=O)N6CCC(=C(C#N)c7ccccc7)CC6)c[nH]c45)n3)n2)c2[nH]cc(C(=O)C(=O)N3CCC(=C(C#N)c4ccccc4)CC3)c12. The first-order valence-corrected chi connectivity index (χ1v) is 25.4. The molecule has 0 aliphatic carbocycles. The highest BCUT2D eigenvalue weighted by Crippen LogP contribution is 2.35. The van der Waals surface area contributed by atoms with Crippen molar-refractivity contribution in [2.45, 2.75) is 51.6 Å². The average molecular weight is 1080 g/mol. The molecular formula is C56H50N16O8. The number of rotatable bonds is 17. The van der Waals surface area contributed by atoms with Gasteiger partial charge in [-0.15, -0.1) is 10.2 Å². The average Bonchev–Trinajstić information content (AvgIpc) is 4.38. The number of nitrogens with one attached hydrogen (secondary N) is 4. The van der Waals surface area contributed by atoms with Crippen molar-refractivity contribution in [1.29, 1.82) is 10.5 Å². The van der Waals surface area contributed by atoms with E-state index in [-0.39, 0.29) is 98.0 Å². The fourth-order valence-electron chi connectivity index (χ4n) is 9.83. The Bertz CT molecular complexity index is 3620. The number of allylic oxidation sites excluding steroid dienone is 2. The number of piperidine rings is 2. The van der Waals surface area contributed by atoms with Gasteiger partial charge in [0.15, 0.2) is 23.3 Å². The van der Waals surface area contributed by atoms with Crippen LogP contribution in [0, 0.1) is 22.7 Å². The van der Waals surface area contributed by atoms with E-state index < -0.39 is 35.2 Å². The van der Waals surface area contributed by atoms with E-state index in [1.807, 2.05) is 60.7 Å². The summed E-state index contributed by atoms with van der Waals surface area (Å²) in [5, 5.41) is 34.8. The van der Waals surface area contributed by atoms with Gasteiger partial charge in [0.25, 0.3) is 23.4 Å². The Morgan fingerprint density at radius 3 is 1.32 bits per heavy atom. The molecule has 10 rings (SSSR count). The number of fused-ring (bicyclic) bond motifs is 2. The van der Waals surface area contributed by atoms with Crippen LogP contribution in [0.1, 0.15) is 82.0 Å². The lowest BCUT2D eigenvalue weighted by molar-refractivity contribution is -0.127. The number of aromatic nitrogens is 10. The standard InChI is InChI=1S/C56H50N16O8/c1-79-41-27-63-53(49-47(41)39(25-61-49)51(75)55(77)69-19-15-35(16-20-69)37(23-57)33-9-5-3-6-10-33)71-31-65-43(67-71)29-59-45(73)13-14-46(74)60-30-44-66-32-72(68-44)54-50-48(42(80-2)28-64-54)40(26-62-50)52(76)56(78)70-21-17-36(18-22-70)38(24-58)34-11-7-4-8-12-34/h3-12,25-28,31-32,61-62H,13-22,29-30H2,1-2H3,(H,59,73)(H,60,74). The fraction of sp³-hybridized carbons (Fsp3) is 0.250. The van der Waals surface area contributed by atoms with E-state index in [2.05, 4.69) is 62.9 Å². The second kappa shape index (κ2) is 23.3. The molecule has 80 heavy (non-hydrogen) atoms. The zero-order valence-electron chi connectivity index (χ0n) is 43.4. The van der Waals surface area contributed by atoms with Crippen LogP contribution in [0.3, 0.4) is 0 Å². The van der Waals surface area contributed by atoms with Crippen molar-refractivity contribution >= 4 is 68.1 Å². The van der Waals surface area contributed by atoms with Gasteiger partial charge < -0.3 is 39.9 Å². The predicted octanol–water partition coefficient (Wildman–Crippen LogP) is 4.90. The zero-order chi connectivity index (χ0) is 55.9. The molecule has 0 bridgehead atoms. The summed E-state index contributed by atoms with van der Waals surface area (Å²) < 4.78 is 13.8. The summed E-state index contributed by atoms with van der Waals surface area (Å²) in [6.07, 6.45) is 9.92. The highest BCUT2D eigenvalue weighted by molar-refractivity contribution is 6.46. The Balaban J connectivity index is 0.711. The Hall–Kier alpha value is -10.6. The third-order valence-electron chi connectivity index (χ3n) is 14.0. The molecule has 8 aromatic rings. The number of methoxy groups -OCH3 is 2. The van der Waals surface area contributed by atoms with Gasteiger partial charge in [0, 0.05) is 51.4 Å². The lowest BCUT2D eigenvalue weighted by Gasteiger charge is -2.28. The second-order valence-corrected chi connectivity index (χ2v) is 18.6. The summed E-state index contributed by atoms with van der Waals surface area (Å²) in [4.78, 5) is 107. The van der Waals surface area contributed by atoms with Crippen molar-refractivity contribution < 1.29 is 38.2 Å². The minimum atomic E-state index is -0.743. The Kier molecular flexibility index (Phi) is 15.4. The Morgan fingerprint density at radius 1 is 0.575 bits per heavy atom. The number of aromatic amines is 2. The van der Waals surface area contributed by atoms with Crippen molar-refractivity contribution in [1.82, 2.24) is 69.9 Å². The summed E-state index contributed by atoms with van der Waals surface area (Å²) in [7, 11) is 2.85. The molecule has 24 nitrogen and oxygen atoms in total. The van der Waals surface area contributed by atoms with E-state index in [1.54, 1.807) is 0 Å². The molecule has 2 aromatic carbocycles. The van der Waals surface area contributed by atoms with E-state index in [0.717, 1.165) is 22.3 Å². The van der Waals surface area contributed by atoms with Gasteiger partial charge in [0.2, 0.25) is 11.8 Å². The number of carbonyl (C=O) groups excluding carboxylic acids is 6. The molecule has 0 spiro atoms. The van der Waals surface area contributed by atoms with Gasteiger partial charge in [0.1, 0.15) is 24.2 Å². The van der Waals surface area contributed by atoms with E-state index in [9.17, 15) is 39.3 Å². The predicted molar refractivity (Wildman–Crippen MR) is 286 cm³/mol. The monoisotopic (exact) mass is 1070 g/mol. The first-order chi connectivity index (χ1) is 39.0. The summed E-state index contributed by atoms with van der Waals surface area (Å²) >= 11 is 0.